The third kappa shape index (κ3) is 2.57. The van der Waals surface area contributed by atoms with E-state index < -0.39 is 0 Å². The molecule has 8 aromatic rings. The highest BCUT2D eigenvalue weighted by Gasteiger charge is 2.19. The van der Waals surface area contributed by atoms with Crippen molar-refractivity contribution in [3.63, 3.8) is 0 Å². The van der Waals surface area contributed by atoms with Crippen LogP contribution in [0.1, 0.15) is 0 Å². The molecule has 0 N–H and O–H groups in total. The van der Waals surface area contributed by atoms with Crippen molar-refractivity contribution in [3.8, 4) is 11.6 Å². The van der Waals surface area contributed by atoms with Gasteiger partial charge in [0.2, 0.25) is 5.95 Å². The van der Waals surface area contributed by atoms with Gasteiger partial charge in [-0.25, -0.2) is 15.0 Å². The molecule has 5 aromatic carbocycles. The van der Waals surface area contributed by atoms with Crippen molar-refractivity contribution in [3.05, 3.63) is 116 Å². The van der Waals surface area contributed by atoms with E-state index in [-0.39, 0.29) is 0 Å². The molecular formula is C31H19N5. The van der Waals surface area contributed by atoms with Crippen LogP contribution in [0.4, 0.5) is 0 Å². The lowest BCUT2D eigenvalue weighted by atomic mass is 10.0. The first kappa shape index (κ1) is 19.3. The maximum Gasteiger partial charge on any atom is 0.237 e. The Bertz CT molecular complexity index is 2090. The van der Waals surface area contributed by atoms with Crippen molar-refractivity contribution in [1.29, 1.82) is 0 Å². The molecule has 36 heavy (non-hydrogen) atoms. The van der Waals surface area contributed by atoms with Crippen molar-refractivity contribution in [2.24, 2.45) is 0 Å². The molecule has 5 heteroatoms. The molecule has 8 rings (SSSR count). The molecule has 0 aliphatic carbocycles. The van der Waals surface area contributed by atoms with Crippen LogP contribution in [0.5, 0.6) is 0 Å². The normalized spacial score (nSPS) is 11.9. The lowest BCUT2D eigenvalue weighted by molar-refractivity contribution is 0.941. The fraction of sp³-hybridized carbons (Fsp3) is 0. The summed E-state index contributed by atoms with van der Waals surface area (Å²) in [6, 6.07) is 36.8. The summed E-state index contributed by atoms with van der Waals surface area (Å²) in [5, 5.41) is 7.17. The van der Waals surface area contributed by atoms with Crippen LogP contribution in [0.15, 0.2) is 116 Å². The fourth-order valence-corrected chi connectivity index (χ4v) is 5.66. The average molecular weight is 462 g/mol. The van der Waals surface area contributed by atoms with Crippen LogP contribution < -0.4 is 0 Å². The first-order chi connectivity index (χ1) is 17.9. The van der Waals surface area contributed by atoms with Gasteiger partial charge in [0, 0.05) is 32.6 Å². The molecule has 168 valence electrons. The Kier molecular flexibility index (Phi) is 3.88. The van der Waals surface area contributed by atoms with E-state index in [1.165, 1.54) is 43.4 Å². The van der Waals surface area contributed by atoms with Crippen LogP contribution in [0, 0.1) is 0 Å². The molecular weight excluding hydrogens is 442 g/mol. The third-order valence-corrected chi connectivity index (χ3v) is 7.14. The molecule has 0 amide bonds. The maximum atomic E-state index is 4.52. The Morgan fingerprint density at radius 2 is 1.14 bits per heavy atom. The minimum absolute atomic E-state index is 0.621. The predicted octanol–water partition coefficient (Wildman–Crippen LogP) is 7.22. The average Bonchev–Trinajstić information content (AvgIpc) is 3.46. The monoisotopic (exact) mass is 461 g/mol. The Balaban J connectivity index is 1.59. The van der Waals surface area contributed by atoms with Gasteiger partial charge in [0.25, 0.3) is 0 Å². The van der Waals surface area contributed by atoms with E-state index in [4.69, 9.17) is 0 Å². The van der Waals surface area contributed by atoms with E-state index in [0.717, 1.165) is 16.7 Å². The summed E-state index contributed by atoms with van der Waals surface area (Å²) in [5.74, 6) is 0.621. The Labute approximate surface area is 205 Å². The summed E-state index contributed by atoms with van der Waals surface area (Å²) in [5.41, 5.74) is 5.74. The Morgan fingerprint density at radius 1 is 0.472 bits per heavy atom. The molecule has 5 nitrogen and oxygen atoms in total. The molecule has 0 atom stereocenters. The minimum Gasteiger partial charge on any atom is -0.309 e. The van der Waals surface area contributed by atoms with Crippen LogP contribution in [0.25, 0.3) is 66.0 Å². The van der Waals surface area contributed by atoms with Crippen LogP contribution in [0.2, 0.25) is 0 Å². The molecule has 0 aliphatic heterocycles. The molecule has 0 bridgehead atoms. The molecule has 0 unspecified atom stereocenters. The van der Waals surface area contributed by atoms with Crippen LogP contribution in [0.3, 0.4) is 0 Å². The van der Waals surface area contributed by atoms with Gasteiger partial charge in [-0.1, -0.05) is 66.7 Å². The van der Waals surface area contributed by atoms with Gasteiger partial charge in [-0.15, -0.1) is 0 Å². The highest BCUT2D eigenvalue weighted by molar-refractivity contribution is 6.22. The van der Waals surface area contributed by atoms with E-state index >= 15 is 0 Å². The molecule has 3 aromatic heterocycles. The summed E-state index contributed by atoms with van der Waals surface area (Å²) in [4.78, 5) is 13.1. The van der Waals surface area contributed by atoms with Gasteiger partial charge in [0.1, 0.15) is 12.7 Å². The maximum absolute atomic E-state index is 4.52. The number of aromatic nitrogens is 5. The number of benzene rings is 5. The molecule has 0 fully saturated rings. The summed E-state index contributed by atoms with van der Waals surface area (Å²) >= 11 is 0. The van der Waals surface area contributed by atoms with E-state index in [9.17, 15) is 0 Å². The molecule has 0 spiro atoms. The van der Waals surface area contributed by atoms with Gasteiger partial charge in [0.05, 0.1) is 22.1 Å². The van der Waals surface area contributed by atoms with Crippen LogP contribution in [-0.2, 0) is 0 Å². The van der Waals surface area contributed by atoms with Crippen molar-refractivity contribution < 1.29 is 0 Å². The van der Waals surface area contributed by atoms with Gasteiger partial charge < -0.3 is 4.57 Å². The zero-order valence-electron chi connectivity index (χ0n) is 19.2. The van der Waals surface area contributed by atoms with Crippen molar-refractivity contribution >= 4 is 54.4 Å². The number of fused-ring (bicyclic) bond motifs is 8. The first-order valence-electron chi connectivity index (χ1n) is 12.0. The molecule has 3 heterocycles. The van der Waals surface area contributed by atoms with E-state index in [2.05, 4.69) is 127 Å². The van der Waals surface area contributed by atoms with Gasteiger partial charge in [-0.2, -0.15) is 0 Å². The zero-order chi connectivity index (χ0) is 23.6. The quantitative estimate of drug-likeness (QED) is 0.273. The summed E-state index contributed by atoms with van der Waals surface area (Å²) in [7, 11) is 0. The van der Waals surface area contributed by atoms with Gasteiger partial charge in [-0.3, -0.25) is 4.57 Å². The van der Waals surface area contributed by atoms with Crippen molar-refractivity contribution in [2.75, 3.05) is 0 Å². The highest BCUT2D eigenvalue weighted by atomic mass is 15.2. The highest BCUT2D eigenvalue weighted by Crippen LogP contribution is 2.40. The third-order valence-electron chi connectivity index (χ3n) is 7.14. The van der Waals surface area contributed by atoms with Gasteiger partial charge >= 0.3 is 0 Å². The fourth-order valence-electron chi connectivity index (χ4n) is 5.66. The molecule has 0 radical (unpaired) electrons. The summed E-state index contributed by atoms with van der Waals surface area (Å²) in [6.07, 6.45) is 3.11. The van der Waals surface area contributed by atoms with Crippen molar-refractivity contribution in [1.82, 2.24) is 24.1 Å². The lowest BCUT2D eigenvalue weighted by Gasteiger charge is -2.10. The number of hydrogen-bond acceptors (Lipinski definition) is 3. The second-order valence-corrected chi connectivity index (χ2v) is 9.03. The Hall–Kier alpha value is -5.03. The minimum atomic E-state index is 0.621. The number of hydrogen-bond donors (Lipinski definition) is 0. The standard InChI is InChI=1S/C31H19N5/c1-2-8-21(9-3-1)35-27-12-6-5-11-23(27)26-17-25-20(16-29(26)35)14-15-24-22-10-4-7-13-28(22)36(30(24)25)31-33-18-32-19-34-31/h1-19H. The smallest absolute Gasteiger partial charge is 0.237 e. The van der Waals surface area contributed by atoms with E-state index in [1.54, 1.807) is 12.7 Å². The molecule has 0 aliphatic rings. The first-order valence-corrected chi connectivity index (χ1v) is 12.0. The van der Waals surface area contributed by atoms with Gasteiger partial charge in [-0.05, 0) is 41.8 Å². The van der Waals surface area contributed by atoms with E-state index in [0.29, 0.717) is 5.95 Å². The summed E-state index contributed by atoms with van der Waals surface area (Å²) < 4.78 is 4.52. The summed E-state index contributed by atoms with van der Waals surface area (Å²) in [6.45, 7) is 0. The number of rotatable bonds is 2. The second-order valence-electron chi connectivity index (χ2n) is 9.03. The van der Waals surface area contributed by atoms with Crippen molar-refractivity contribution in [2.45, 2.75) is 0 Å². The van der Waals surface area contributed by atoms with Gasteiger partial charge in [0.15, 0.2) is 0 Å². The number of para-hydroxylation sites is 3. The second kappa shape index (κ2) is 7.23. The van der Waals surface area contributed by atoms with Crippen LogP contribution >= 0.6 is 0 Å². The largest absolute Gasteiger partial charge is 0.309 e. The van der Waals surface area contributed by atoms with Crippen LogP contribution in [-0.4, -0.2) is 24.1 Å². The van der Waals surface area contributed by atoms with E-state index in [1.807, 2.05) is 0 Å². The topological polar surface area (TPSA) is 48.5 Å². The molecule has 0 saturated carbocycles. The lowest BCUT2D eigenvalue weighted by Crippen LogP contribution is -2.01. The predicted molar refractivity (Wildman–Crippen MR) is 146 cm³/mol. The zero-order valence-corrected chi connectivity index (χ0v) is 19.2. The Morgan fingerprint density at radius 3 is 1.92 bits per heavy atom. The number of nitrogens with zero attached hydrogens (tertiary/aromatic N) is 5. The SMILES string of the molecule is c1ccc(-n2c3ccccc3c3cc4c(ccc5c6ccccc6n(-c6ncncn6)c45)cc32)cc1. The molecule has 0 saturated heterocycles.